The minimum absolute atomic E-state index is 0.147. The summed E-state index contributed by atoms with van der Waals surface area (Å²) in [5, 5.41) is 7.50. The van der Waals surface area contributed by atoms with Crippen molar-refractivity contribution in [2.45, 2.75) is 38.3 Å². The van der Waals surface area contributed by atoms with Crippen LogP contribution < -0.4 is 20.9 Å². The number of rotatable bonds is 6. The molecule has 2 fully saturated rings. The first kappa shape index (κ1) is 18.8. The van der Waals surface area contributed by atoms with Crippen molar-refractivity contribution >= 4 is 11.8 Å². The molecule has 1 aromatic carbocycles. The van der Waals surface area contributed by atoms with Gasteiger partial charge in [0.05, 0.1) is 18.5 Å². The average molecular weight is 384 g/mol. The zero-order chi connectivity index (χ0) is 19.7. The Balaban J connectivity index is 1.39. The van der Waals surface area contributed by atoms with E-state index in [2.05, 4.69) is 21.3 Å². The van der Waals surface area contributed by atoms with Crippen LogP contribution in [0.1, 0.15) is 25.0 Å². The number of aromatic nitrogens is 2. The number of hydrazine groups is 1. The number of ether oxygens (including phenoxy) is 1. The summed E-state index contributed by atoms with van der Waals surface area (Å²) in [6, 6.07) is 10.1. The highest BCUT2D eigenvalue weighted by molar-refractivity contribution is 5.88. The Bertz CT molecular complexity index is 830. The van der Waals surface area contributed by atoms with Crippen molar-refractivity contribution in [1.82, 2.24) is 25.5 Å². The van der Waals surface area contributed by atoms with Gasteiger partial charge in [0.2, 0.25) is 0 Å². The van der Waals surface area contributed by atoms with Crippen LogP contribution in [0.3, 0.4) is 0 Å². The SMILES string of the molecule is COc1ccc(-n2nc(C)cc2NC(=O)N(C)CC2CC(C3CC3)NN2)cc1. The third-order valence-electron chi connectivity index (χ3n) is 5.43. The number of amides is 2. The van der Waals surface area contributed by atoms with E-state index in [1.165, 1.54) is 12.8 Å². The highest BCUT2D eigenvalue weighted by atomic mass is 16.5. The van der Waals surface area contributed by atoms with E-state index >= 15 is 0 Å². The van der Waals surface area contributed by atoms with Gasteiger partial charge in [0.15, 0.2) is 0 Å². The lowest BCUT2D eigenvalue weighted by Gasteiger charge is -2.21. The average Bonchev–Trinajstić information content (AvgIpc) is 3.34. The van der Waals surface area contributed by atoms with Gasteiger partial charge >= 0.3 is 6.03 Å². The second-order valence-electron chi connectivity index (χ2n) is 7.76. The van der Waals surface area contributed by atoms with E-state index in [9.17, 15) is 4.79 Å². The number of benzene rings is 1. The molecule has 150 valence electrons. The van der Waals surface area contributed by atoms with Crippen LogP contribution in [0.4, 0.5) is 10.6 Å². The number of nitrogens with one attached hydrogen (secondary N) is 3. The fourth-order valence-corrected chi connectivity index (χ4v) is 3.71. The fraction of sp³-hybridized carbons (Fsp3) is 0.500. The first-order chi connectivity index (χ1) is 13.5. The molecule has 2 heterocycles. The third kappa shape index (κ3) is 4.13. The number of carbonyl (C=O) groups excluding carboxylic acids is 1. The van der Waals surface area contributed by atoms with Crippen molar-refractivity contribution in [2.75, 3.05) is 26.0 Å². The number of hydrogen-bond acceptors (Lipinski definition) is 5. The molecule has 2 amide bonds. The van der Waals surface area contributed by atoms with E-state index in [4.69, 9.17) is 4.74 Å². The molecule has 1 saturated carbocycles. The maximum absolute atomic E-state index is 12.7. The standard InChI is InChI=1S/C20H28N6O2/c1-13-10-19(26(24-13)16-6-8-17(28-3)9-7-16)21-20(27)25(2)12-15-11-18(23-22-15)14-4-5-14/h6-10,14-15,18,22-23H,4-5,11-12H2,1-3H3,(H,21,27). The van der Waals surface area contributed by atoms with Gasteiger partial charge in [-0.1, -0.05) is 0 Å². The zero-order valence-corrected chi connectivity index (χ0v) is 16.6. The van der Waals surface area contributed by atoms with Gasteiger partial charge in [-0.05, 0) is 56.4 Å². The van der Waals surface area contributed by atoms with Crippen molar-refractivity contribution in [2.24, 2.45) is 5.92 Å². The summed E-state index contributed by atoms with van der Waals surface area (Å²) in [7, 11) is 3.46. The number of likely N-dealkylation sites (N-methyl/N-ethyl adjacent to an activating group) is 1. The van der Waals surface area contributed by atoms with Gasteiger partial charge in [-0.15, -0.1) is 0 Å². The van der Waals surface area contributed by atoms with Gasteiger partial charge in [0, 0.05) is 31.7 Å². The molecule has 1 aliphatic carbocycles. The number of anilines is 1. The second-order valence-corrected chi connectivity index (χ2v) is 7.76. The molecule has 8 nitrogen and oxygen atoms in total. The van der Waals surface area contributed by atoms with Gasteiger partial charge in [-0.25, -0.2) is 9.48 Å². The normalized spacial score (nSPS) is 21.5. The van der Waals surface area contributed by atoms with E-state index < -0.39 is 0 Å². The van der Waals surface area contributed by atoms with E-state index in [0.717, 1.165) is 29.5 Å². The Labute approximate surface area is 165 Å². The molecular formula is C20H28N6O2. The van der Waals surface area contributed by atoms with Crippen LogP contribution in [-0.2, 0) is 0 Å². The minimum atomic E-state index is -0.147. The summed E-state index contributed by atoms with van der Waals surface area (Å²) in [5.74, 6) is 2.23. The molecular weight excluding hydrogens is 356 g/mol. The van der Waals surface area contributed by atoms with E-state index in [0.29, 0.717) is 18.4 Å². The van der Waals surface area contributed by atoms with Crippen LogP contribution in [0.15, 0.2) is 30.3 Å². The van der Waals surface area contributed by atoms with Gasteiger partial charge in [0.25, 0.3) is 0 Å². The summed E-state index contributed by atoms with van der Waals surface area (Å²) in [4.78, 5) is 14.4. The van der Waals surface area contributed by atoms with Crippen LogP contribution in [-0.4, -0.2) is 53.5 Å². The molecule has 1 aromatic heterocycles. The molecule has 4 rings (SSSR count). The first-order valence-electron chi connectivity index (χ1n) is 9.78. The van der Waals surface area contributed by atoms with Gasteiger partial charge < -0.3 is 9.64 Å². The summed E-state index contributed by atoms with van der Waals surface area (Å²) >= 11 is 0. The minimum Gasteiger partial charge on any atom is -0.497 e. The predicted molar refractivity (Wildman–Crippen MR) is 108 cm³/mol. The molecule has 28 heavy (non-hydrogen) atoms. The van der Waals surface area contributed by atoms with Crippen LogP contribution in [0.5, 0.6) is 5.75 Å². The maximum Gasteiger partial charge on any atom is 0.322 e. The molecule has 1 saturated heterocycles. The Kier molecular flexibility index (Phi) is 5.23. The lowest BCUT2D eigenvalue weighted by atomic mass is 10.1. The fourth-order valence-electron chi connectivity index (χ4n) is 3.71. The maximum atomic E-state index is 12.7. The molecule has 2 aliphatic rings. The van der Waals surface area contributed by atoms with Crippen molar-refractivity contribution in [3.8, 4) is 11.4 Å². The number of aryl methyl sites for hydroxylation is 1. The summed E-state index contributed by atoms with van der Waals surface area (Å²) in [6.07, 6.45) is 3.69. The number of methoxy groups -OCH3 is 1. The Morgan fingerprint density at radius 2 is 2.07 bits per heavy atom. The predicted octanol–water partition coefficient (Wildman–Crippen LogP) is 2.30. The van der Waals surface area contributed by atoms with Crippen LogP contribution in [0.2, 0.25) is 0 Å². The summed E-state index contributed by atoms with van der Waals surface area (Å²) in [6.45, 7) is 2.56. The van der Waals surface area contributed by atoms with Crippen molar-refractivity contribution in [3.63, 3.8) is 0 Å². The third-order valence-corrected chi connectivity index (χ3v) is 5.43. The van der Waals surface area contributed by atoms with E-state index in [-0.39, 0.29) is 12.1 Å². The zero-order valence-electron chi connectivity index (χ0n) is 16.6. The second kappa shape index (κ2) is 7.81. The topological polar surface area (TPSA) is 83.5 Å². The summed E-state index contributed by atoms with van der Waals surface area (Å²) < 4.78 is 6.94. The molecule has 1 aliphatic heterocycles. The number of nitrogens with zero attached hydrogens (tertiary/aromatic N) is 3. The first-order valence-corrected chi connectivity index (χ1v) is 9.78. The quantitative estimate of drug-likeness (QED) is 0.712. The van der Waals surface area contributed by atoms with Crippen LogP contribution >= 0.6 is 0 Å². The molecule has 2 aromatic rings. The Hall–Kier alpha value is -2.58. The highest BCUT2D eigenvalue weighted by Gasteiger charge is 2.37. The lowest BCUT2D eigenvalue weighted by Crippen LogP contribution is -2.43. The number of carbonyl (C=O) groups is 1. The van der Waals surface area contributed by atoms with E-state index in [1.807, 2.05) is 44.3 Å². The van der Waals surface area contributed by atoms with Gasteiger partial charge in [0.1, 0.15) is 11.6 Å². The van der Waals surface area contributed by atoms with E-state index in [1.54, 1.807) is 16.7 Å². The smallest absolute Gasteiger partial charge is 0.322 e. The molecule has 8 heteroatoms. The molecule has 0 radical (unpaired) electrons. The number of urea groups is 1. The Morgan fingerprint density at radius 1 is 1.32 bits per heavy atom. The molecule has 2 atom stereocenters. The molecule has 0 spiro atoms. The molecule has 0 bridgehead atoms. The monoisotopic (exact) mass is 384 g/mol. The Morgan fingerprint density at radius 3 is 2.75 bits per heavy atom. The largest absolute Gasteiger partial charge is 0.497 e. The van der Waals surface area contributed by atoms with Crippen molar-refractivity contribution < 1.29 is 9.53 Å². The molecule has 3 N–H and O–H groups in total. The van der Waals surface area contributed by atoms with Crippen molar-refractivity contribution in [1.29, 1.82) is 0 Å². The molecule has 2 unspecified atom stereocenters. The van der Waals surface area contributed by atoms with Crippen LogP contribution in [0, 0.1) is 12.8 Å². The van der Waals surface area contributed by atoms with Gasteiger partial charge in [-0.3, -0.25) is 16.2 Å². The van der Waals surface area contributed by atoms with Gasteiger partial charge in [-0.2, -0.15) is 5.10 Å². The summed E-state index contributed by atoms with van der Waals surface area (Å²) in [5.41, 5.74) is 8.40. The highest BCUT2D eigenvalue weighted by Crippen LogP contribution is 2.35. The van der Waals surface area contributed by atoms with Crippen molar-refractivity contribution in [3.05, 3.63) is 36.0 Å². The number of hydrogen-bond donors (Lipinski definition) is 3. The van der Waals surface area contributed by atoms with Crippen LogP contribution in [0.25, 0.3) is 5.69 Å². The lowest BCUT2D eigenvalue weighted by molar-refractivity contribution is 0.217.